The van der Waals surface area contributed by atoms with Crippen molar-refractivity contribution in [2.24, 2.45) is 0 Å². The second-order valence-electron chi connectivity index (χ2n) is 4.83. The van der Waals surface area contributed by atoms with Gasteiger partial charge in [0.05, 0.1) is 5.75 Å². The lowest BCUT2D eigenvalue weighted by Gasteiger charge is -2.28. The van der Waals surface area contributed by atoms with Crippen molar-refractivity contribution in [1.29, 1.82) is 0 Å². The summed E-state index contributed by atoms with van der Waals surface area (Å²) >= 11 is 5.08. The van der Waals surface area contributed by atoms with Crippen LogP contribution in [0.4, 0.5) is 0 Å². The van der Waals surface area contributed by atoms with Crippen LogP contribution >= 0.6 is 27.7 Å². The Hall–Kier alpha value is -0.740. The smallest absolute Gasteiger partial charge is 0.232 e. The maximum Gasteiger partial charge on any atom is 0.232 e. The van der Waals surface area contributed by atoms with E-state index in [9.17, 15) is 4.79 Å². The third-order valence-corrected chi connectivity index (χ3v) is 4.96. The Morgan fingerprint density at radius 2 is 2.11 bits per heavy atom. The average Bonchev–Trinajstić information content (AvgIpc) is 2.38. The molecule has 0 spiro atoms. The summed E-state index contributed by atoms with van der Waals surface area (Å²) in [6.07, 6.45) is 1.90. The highest BCUT2D eigenvalue weighted by Gasteiger charge is 2.18. The molecule has 1 aliphatic rings. The van der Waals surface area contributed by atoms with Gasteiger partial charge < -0.3 is 4.90 Å². The summed E-state index contributed by atoms with van der Waals surface area (Å²) in [5.41, 5.74) is 2.47. The van der Waals surface area contributed by atoms with Gasteiger partial charge in [0.2, 0.25) is 5.91 Å². The molecule has 102 valence electrons. The summed E-state index contributed by atoms with van der Waals surface area (Å²) in [6, 6.07) is 6.16. The number of carbonyl (C=O) groups excluding carboxylic acids is 1. The number of amides is 1. The molecule has 1 aliphatic heterocycles. The third kappa shape index (κ3) is 4.11. The molecule has 1 amide bonds. The Morgan fingerprint density at radius 1 is 1.42 bits per heavy atom. The molecule has 1 heterocycles. The fraction of sp³-hybridized carbons (Fsp3) is 0.400. The van der Waals surface area contributed by atoms with Crippen molar-refractivity contribution >= 4 is 33.6 Å². The number of thioether (sulfide) groups is 1. The summed E-state index contributed by atoms with van der Waals surface area (Å²) in [7, 11) is 0. The second kappa shape index (κ2) is 6.62. The van der Waals surface area contributed by atoms with E-state index in [4.69, 9.17) is 0 Å². The molecule has 1 aromatic rings. The van der Waals surface area contributed by atoms with Gasteiger partial charge in [0.25, 0.3) is 0 Å². The average molecular weight is 340 g/mol. The number of rotatable bonds is 3. The highest BCUT2D eigenvalue weighted by molar-refractivity contribution is 9.10. The summed E-state index contributed by atoms with van der Waals surface area (Å²) < 4.78 is 1.08. The van der Waals surface area contributed by atoms with E-state index in [1.54, 1.807) is 11.8 Å². The van der Waals surface area contributed by atoms with E-state index in [0.29, 0.717) is 5.75 Å². The number of aryl methyl sites for hydroxylation is 1. The molecule has 2 nitrogen and oxygen atoms in total. The Bertz CT molecular complexity index is 491. The quantitative estimate of drug-likeness (QED) is 0.612. The minimum absolute atomic E-state index is 0.236. The van der Waals surface area contributed by atoms with Gasteiger partial charge in [-0.15, -0.1) is 11.8 Å². The number of halogens is 1. The van der Waals surface area contributed by atoms with Gasteiger partial charge in [-0.3, -0.25) is 4.79 Å². The fourth-order valence-electron chi connectivity index (χ4n) is 2.08. The van der Waals surface area contributed by atoms with Gasteiger partial charge in [0, 0.05) is 22.5 Å². The van der Waals surface area contributed by atoms with Crippen LogP contribution in [0.25, 0.3) is 0 Å². The minimum Gasteiger partial charge on any atom is -0.341 e. The maximum absolute atomic E-state index is 12.1. The molecular formula is C15H18BrNOS. The molecule has 1 fully saturated rings. The van der Waals surface area contributed by atoms with Crippen molar-refractivity contribution in [2.45, 2.75) is 24.7 Å². The molecule has 0 saturated carbocycles. The van der Waals surface area contributed by atoms with Gasteiger partial charge in [0.1, 0.15) is 0 Å². The standard InChI is InChI=1S/C15H18BrNOS/c1-11-5-7-17(8-6-11)15(18)10-19-14-4-3-13(16)9-12(14)2/h3-4,9H,1,5-8,10H2,2H3. The molecule has 2 rings (SSSR count). The molecule has 1 aromatic carbocycles. The first-order chi connectivity index (χ1) is 9.06. The lowest BCUT2D eigenvalue weighted by atomic mass is 10.1. The highest BCUT2D eigenvalue weighted by atomic mass is 79.9. The van der Waals surface area contributed by atoms with Crippen molar-refractivity contribution in [3.8, 4) is 0 Å². The zero-order chi connectivity index (χ0) is 13.8. The van der Waals surface area contributed by atoms with Crippen molar-refractivity contribution in [3.63, 3.8) is 0 Å². The zero-order valence-electron chi connectivity index (χ0n) is 11.1. The predicted molar refractivity (Wildman–Crippen MR) is 84.6 cm³/mol. The van der Waals surface area contributed by atoms with E-state index in [2.05, 4.69) is 41.6 Å². The Kier molecular flexibility index (Phi) is 5.11. The summed E-state index contributed by atoms with van der Waals surface area (Å²) in [6.45, 7) is 7.71. The number of hydrogen-bond acceptors (Lipinski definition) is 2. The van der Waals surface area contributed by atoms with Crippen LogP contribution in [-0.4, -0.2) is 29.6 Å². The summed E-state index contributed by atoms with van der Waals surface area (Å²) in [5.74, 6) is 0.759. The third-order valence-electron chi connectivity index (χ3n) is 3.31. The van der Waals surface area contributed by atoms with Crippen LogP contribution in [0.3, 0.4) is 0 Å². The fourth-order valence-corrected chi connectivity index (χ4v) is 3.47. The van der Waals surface area contributed by atoms with E-state index in [0.717, 1.165) is 30.4 Å². The monoisotopic (exact) mass is 339 g/mol. The lowest BCUT2D eigenvalue weighted by Crippen LogP contribution is -2.37. The summed E-state index contributed by atoms with van der Waals surface area (Å²) in [4.78, 5) is 15.3. The van der Waals surface area contributed by atoms with Gasteiger partial charge in [-0.2, -0.15) is 0 Å². The molecular weight excluding hydrogens is 322 g/mol. The highest BCUT2D eigenvalue weighted by Crippen LogP contribution is 2.26. The number of benzene rings is 1. The van der Waals surface area contributed by atoms with Crippen molar-refractivity contribution in [1.82, 2.24) is 4.90 Å². The Balaban J connectivity index is 1.88. The topological polar surface area (TPSA) is 20.3 Å². The molecule has 0 aliphatic carbocycles. The molecule has 0 N–H and O–H groups in total. The second-order valence-corrected chi connectivity index (χ2v) is 6.76. The van der Waals surface area contributed by atoms with Crippen LogP contribution in [0, 0.1) is 6.92 Å². The van der Waals surface area contributed by atoms with Crippen LogP contribution in [0.5, 0.6) is 0 Å². The Labute approximate surface area is 127 Å². The lowest BCUT2D eigenvalue weighted by molar-refractivity contribution is -0.128. The molecule has 4 heteroatoms. The number of hydrogen-bond donors (Lipinski definition) is 0. The zero-order valence-corrected chi connectivity index (χ0v) is 13.5. The van der Waals surface area contributed by atoms with E-state index in [1.807, 2.05) is 11.0 Å². The molecule has 19 heavy (non-hydrogen) atoms. The van der Waals surface area contributed by atoms with Gasteiger partial charge in [-0.25, -0.2) is 0 Å². The van der Waals surface area contributed by atoms with Crippen LogP contribution in [-0.2, 0) is 4.79 Å². The van der Waals surface area contributed by atoms with E-state index in [-0.39, 0.29) is 5.91 Å². The van der Waals surface area contributed by atoms with E-state index < -0.39 is 0 Å². The van der Waals surface area contributed by atoms with Crippen LogP contribution < -0.4 is 0 Å². The predicted octanol–water partition coefficient (Wildman–Crippen LogP) is 4.03. The first kappa shape index (κ1) is 14.7. The number of nitrogens with zero attached hydrogens (tertiary/aromatic N) is 1. The molecule has 1 saturated heterocycles. The van der Waals surface area contributed by atoms with Crippen LogP contribution in [0.1, 0.15) is 18.4 Å². The molecule has 0 unspecified atom stereocenters. The Morgan fingerprint density at radius 3 is 2.74 bits per heavy atom. The largest absolute Gasteiger partial charge is 0.341 e. The first-order valence-electron chi connectivity index (χ1n) is 6.39. The normalized spacial score (nSPS) is 15.7. The van der Waals surface area contributed by atoms with Crippen molar-refractivity contribution in [2.75, 3.05) is 18.8 Å². The van der Waals surface area contributed by atoms with Crippen molar-refractivity contribution in [3.05, 3.63) is 40.4 Å². The van der Waals surface area contributed by atoms with Crippen LogP contribution in [0.2, 0.25) is 0 Å². The molecule has 0 aromatic heterocycles. The van der Waals surface area contributed by atoms with E-state index >= 15 is 0 Å². The minimum atomic E-state index is 0.236. The number of likely N-dealkylation sites (tertiary alicyclic amines) is 1. The van der Waals surface area contributed by atoms with E-state index in [1.165, 1.54) is 16.0 Å². The van der Waals surface area contributed by atoms with Crippen molar-refractivity contribution < 1.29 is 4.79 Å². The molecule has 0 radical (unpaired) electrons. The maximum atomic E-state index is 12.1. The van der Waals surface area contributed by atoms with Gasteiger partial charge in [-0.1, -0.05) is 28.1 Å². The van der Waals surface area contributed by atoms with Gasteiger partial charge in [-0.05, 0) is 43.5 Å². The van der Waals surface area contributed by atoms with Gasteiger partial charge in [0.15, 0.2) is 0 Å². The van der Waals surface area contributed by atoms with Crippen LogP contribution in [0.15, 0.2) is 39.7 Å². The SMILES string of the molecule is C=C1CCN(C(=O)CSc2ccc(Br)cc2C)CC1. The van der Waals surface area contributed by atoms with Gasteiger partial charge >= 0.3 is 0 Å². The number of carbonyl (C=O) groups is 1. The number of piperidine rings is 1. The molecule has 0 atom stereocenters. The summed E-state index contributed by atoms with van der Waals surface area (Å²) in [5, 5.41) is 0. The first-order valence-corrected chi connectivity index (χ1v) is 8.17. The molecule has 0 bridgehead atoms.